The Morgan fingerprint density at radius 2 is 1.73 bits per heavy atom. The summed E-state index contributed by atoms with van der Waals surface area (Å²) in [6, 6.07) is 16.8. The van der Waals surface area contributed by atoms with Crippen LogP contribution in [0.15, 0.2) is 60.7 Å². The van der Waals surface area contributed by atoms with Gasteiger partial charge in [0.25, 0.3) is 0 Å². The van der Waals surface area contributed by atoms with Gasteiger partial charge < -0.3 is 9.84 Å². The van der Waals surface area contributed by atoms with Crippen molar-refractivity contribution >= 4 is 5.97 Å². The number of nitrogens with zero attached hydrogens (tertiary/aromatic N) is 1. The molecule has 0 amide bonds. The molecule has 3 aromatic rings. The minimum atomic E-state index is -0.963. The number of hydrogen-bond donors (Lipinski definition) is 1. The van der Waals surface area contributed by atoms with Gasteiger partial charge in [0.05, 0.1) is 12.2 Å². The summed E-state index contributed by atoms with van der Waals surface area (Å²) in [5.74, 6) is -1.37. The molecule has 1 N–H and O–H groups in total. The first-order valence-corrected chi connectivity index (χ1v) is 11.2. The number of aromatic carboxylic acids is 1. The van der Waals surface area contributed by atoms with Crippen LogP contribution in [0.2, 0.25) is 0 Å². The van der Waals surface area contributed by atoms with Crippen molar-refractivity contribution in [2.24, 2.45) is 0 Å². The van der Waals surface area contributed by atoms with Gasteiger partial charge in [-0.1, -0.05) is 24.3 Å². The molecule has 0 atom stereocenters. The van der Waals surface area contributed by atoms with E-state index >= 15 is 0 Å². The van der Waals surface area contributed by atoms with Gasteiger partial charge in [-0.25, -0.2) is 13.6 Å². The monoisotopic (exact) mass is 451 g/mol. The zero-order valence-electron chi connectivity index (χ0n) is 18.4. The lowest BCUT2D eigenvalue weighted by molar-refractivity contribution is 0.0696. The minimum absolute atomic E-state index is 0.239. The van der Waals surface area contributed by atoms with Gasteiger partial charge in [0.1, 0.15) is 17.4 Å². The van der Waals surface area contributed by atoms with Crippen LogP contribution in [0.25, 0.3) is 0 Å². The second-order valence-corrected chi connectivity index (χ2v) is 8.52. The molecule has 3 aromatic carbocycles. The molecule has 0 fully saturated rings. The van der Waals surface area contributed by atoms with Crippen LogP contribution in [-0.4, -0.2) is 29.1 Å². The Kier molecular flexibility index (Phi) is 7.35. The maximum atomic E-state index is 13.7. The molecule has 0 saturated carbocycles. The van der Waals surface area contributed by atoms with E-state index in [1.165, 1.54) is 12.1 Å². The number of carboxylic acid groups (broad SMARTS) is 1. The minimum Gasteiger partial charge on any atom is -0.493 e. The third kappa shape index (κ3) is 6.39. The standard InChI is InChI=1S/C27H27F2NO3/c28-24-13-21(14-25(29)16-24)18-30-9-2-1-3-10-33-26-8-7-22(27(31)32)15-23(26)12-19-5-4-6-20(11-19)17-30/h4-8,11,13-16H,1-3,9-10,12,17-18H2,(H,31,32). The van der Waals surface area contributed by atoms with E-state index in [0.29, 0.717) is 31.7 Å². The number of rotatable bonds is 3. The van der Waals surface area contributed by atoms with Gasteiger partial charge in [0.2, 0.25) is 0 Å². The summed E-state index contributed by atoms with van der Waals surface area (Å²) in [5, 5.41) is 9.39. The maximum absolute atomic E-state index is 13.7. The summed E-state index contributed by atoms with van der Waals surface area (Å²) in [6.45, 7) is 2.47. The Bertz CT molecular complexity index is 1110. The van der Waals surface area contributed by atoms with Crippen molar-refractivity contribution in [3.63, 3.8) is 0 Å². The van der Waals surface area contributed by atoms with Crippen LogP contribution >= 0.6 is 0 Å². The third-order valence-electron chi connectivity index (χ3n) is 5.80. The molecule has 0 aromatic heterocycles. The Morgan fingerprint density at radius 3 is 2.52 bits per heavy atom. The highest BCUT2D eigenvalue weighted by Crippen LogP contribution is 2.25. The van der Waals surface area contributed by atoms with E-state index in [0.717, 1.165) is 54.3 Å². The number of carboxylic acids is 1. The van der Waals surface area contributed by atoms with Crippen molar-refractivity contribution in [3.8, 4) is 5.75 Å². The molecule has 0 aliphatic carbocycles. The fraction of sp³-hybridized carbons (Fsp3) is 0.296. The summed E-state index contributed by atoms with van der Waals surface area (Å²) in [5.41, 5.74) is 3.84. The van der Waals surface area contributed by atoms with Gasteiger partial charge in [-0.05, 0) is 78.4 Å². The first kappa shape index (κ1) is 22.9. The molecule has 4 rings (SSSR count). The highest BCUT2D eigenvalue weighted by atomic mass is 19.1. The quantitative estimate of drug-likeness (QED) is 0.545. The SMILES string of the molecule is O=C(O)c1ccc2c(c1)Cc1cccc(c1)CN(Cc1cc(F)cc(F)c1)CCCCCO2. The van der Waals surface area contributed by atoms with E-state index in [1.807, 2.05) is 18.2 Å². The van der Waals surface area contributed by atoms with Crippen molar-refractivity contribution in [2.45, 2.75) is 38.8 Å². The molecule has 1 heterocycles. The fourth-order valence-electron chi connectivity index (χ4n) is 4.28. The van der Waals surface area contributed by atoms with Crippen LogP contribution in [-0.2, 0) is 19.5 Å². The molecule has 0 saturated heterocycles. The van der Waals surface area contributed by atoms with Crippen LogP contribution in [0.1, 0.15) is 51.9 Å². The normalized spacial score (nSPS) is 15.2. The van der Waals surface area contributed by atoms with E-state index in [-0.39, 0.29) is 5.56 Å². The number of carbonyl (C=O) groups is 1. The average Bonchev–Trinajstić information content (AvgIpc) is 2.75. The lowest BCUT2D eigenvalue weighted by atomic mass is 9.99. The highest BCUT2D eigenvalue weighted by molar-refractivity contribution is 5.88. The Labute approximate surface area is 192 Å². The van der Waals surface area contributed by atoms with Crippen molar-refractivity contribution in [3.05, 3.63) is 100 Å². The maximum Gasteiger partial charge on any atom is 0.335 e. The predicted molar refractivity (Wildman–Crippen MR) is 122 cm³/mol. The lowest BCUT2D eigenvalue weighted by Gasteiger charge is -2.23. The Morgan fingerprint density at radius 1 is 0.939 bits per heavy atom. The molecule has 4 nitrogen and oxygen atoms in total. The number of halogens is 2. The van der Waals surface area contributed by atoms with Gasteiger partial charge in [-0.2, -0.15) is 0 Å². The number of benzene rings is 3. The van der Waals surface area contributed by atoms with Gasteiger partial charge in [-0.15, -0.1) is 0 Å². The summed E-state index contributed by atoms with van der Waals surface area (Å²) in [6.07, 6.45) is 3.31. The van der Waals surface area contributed by atoms with Crippen LogP contribution < -0.4 is 4.74 Å². The average molecular weight is 452 g/mol. The summed E-state index contributed by atoms with van der Waals surface area (Å²) < 4.78 is 33.4. The zero-order valence-corrected chi connectivity index (χ0v) is 18.4. The van der Waals surface area contributed by atoms with Crippen LogP contribution in [0, 0.1) is 11.6 Å². The zero-order chi connectivity index (χ0) is 23.2. The molecule has 33 heavy (non-hydrogen) atoms. The van der Waals surface area contributed by atoms with Gasteiger partial charge >= 0.3 is 5.97 Å². The molecule has 0 spiro atoms. The van der Waals surface area contributed by atoms with Crippen LogP contribution in [0.5, 0.6) is 5.75 Å². The van der Waals surface area contributed by atoms with Crippen LogP contribution in [0.3, 0.4) is 0 Å². The highest BCUT2D eigenvalue weighted by Gasteiger charge is 2.14. The molecule has 1 aliphatic heterocycles. The van der Waals surface area contributed by atoms with Crippen molar-refractivity contribution < 1.29 is 23.4 Å². The Hall–Kier alpha value is -3.25. The smallest absolute Gasteiger partial charge is 0.335 e. The van der Waals surface area contributed by atoms with E-state index < -0.39 is 17.6 Å². The molecule has 1 aliphatic rings. The van der Waals surface area contributed by atoms with Crippen LogP contribution in [0.4, 0.5) is 8.78 Å². The summed E-state index contributed by atoms with van der Waals surface area (Å²) in [4.78, 5) is 13.7. The van der Waals surface area contributed by atoms with Crippen molar-refractivity contribution in [1.82, 2.24) is 4.90 Å². The van der Waals surface area contributed by atoms with Gasteiger partial charge in [0.15, 0.2) is 0 Å². The molecule has 172 valence electrons. The molecular formula is C27H27F2NO3. The second-order valence-electron chi connectivity index (χ2n) is 8.52. The van der Waals surface area contributed by atoms with E-state index in [2.05, 4.69) is 11.0 Å². The van der Waals surface area contributed by atoms with Crippen molar-refractivity contribution in [2.75, 3.05) is 13.2 Å². The predicted octanol–water partition coefficient (Wildman–Crippen LogP) is 5.82. The first-order valence-electron chi connectivity index (χ1n) is 11.2. The lowest BCUT2D eigenvalue weighted by Crippen LogP contribution is -2.24. The first-order chi connectivity index (χ1) is 16.0. The van der Waals surface area contributed by atoms with E-state index in [4.69, 9.17) is 4.74 Å². The van der Waals surface area contributed by atoms with E-state index in [1.54, 1.807) is 18.2 Å². The van der Waals surface area contributed by atoms with Crippen molar-refractivity contribution in [1.29, 1.82) is 0 Å². The number of fused-ring (bicyclic) bond motifs is 3. The molecule has 6 heteroatoms. The third-order valence-corrected chi connectivity index (χ3v) is 5.80. The molecule has 0 radical (unpaired) electrons. The topological polar surface area (TPSA) is 49.8 Å². The molecular weight excluding hydrogens is 424 g/mol. The summed E-state index contributed by atoms with van der Waals surface area (Å²) in [7, 11) is 0. The fourth-order valence-corrected chi connectivity index (χ4v) is 4.28. The largest absolute Gasteiger partial charge is 0.493 e. The van der Waals surface area contributed by atoms with Gasteiger partial charge in [0, 0.05) is 25.6 Å². The number of hydrogen-bond acceptors (Lipinski definition) is 3. The van der Waals surface area contributed by atoms with Gasteiger partial charge in [-0.3, -0.25) is 4.90 Å². The summed E-state index contributed by atoms with van der Waals surface area (Å²) >= 11 is 0. The molecule has 0 unspecified atom stereocenters. The Balaban J connectivity index is 1.60. The number of ether oxygens (including phenoxy) is 1. The molecule has 2 bridgehead atoms. The van der Waals surface area contributed by atoms with E-state index in [9.17, 15) is 18.7 Å². The second kappa shape index (κ2) is 10.6.